The normalized spacial score (nSPS) is 11.8. The molecule has 0 amide bonds. The van der Waals surface area contributed by atoms with Gasteiger partial charge in [-0.1, -0.05) is 0 Å². The third-order valence-corrected chi connectivity index (χ3v) is 5.08. The Kier molecular flexibility index (Phi) is 3.13. The van der Waals surface area contributed by atoms with E-state index in [1.165, 1.54) is 24.3 Å². The van der Waals surface area contributed by atoms with E-state index in [9.17, 15) is 28.0 Å². The van der Waals surface area contributed by atoms with Crippen molar-refractivity contribution < 1.29 is 8.78 Å². The topological polar surface area (TPSA) is 68.3 Å². The van der Waals surface area contributed by atoms with Crippen LogP contribution in [0, 0.1) is 11.6 Å². The van der Waals surface area contributed by atoms with Crippen LogP contribution in [-0.2, 0) is 0 Å². The first-order valence-electron chi connectivity index (χ1n) is 8.33. The molecule has 0 heterocycles. The molecule has 4 nitrogen and oxygen atoms in total. The first-order valence-corrected chi connectivity index (χ1v) is 8.33. The molecule has 0 saturated heterocycles. The fourth-order valence-electron chi connectivity index (χ4n) is 3.74. The first-order chi connectivity index (χ1) is 13.4. The van der Waals surface area contributed by atoms with Crippen molar-refractivity contribution in [1.29, 1.82) is 0 Å². The highest BCUT2D eigenvalue weighted by atomic mass is 19.1. The Morgan fingerprint density at radius 1 is 0.393 bits per heavy atom. The zero-order valence-electron chi connectivity index (χ0n) is 14.0. The average molecular weight is 374 g/mol. The van der Waals surface area contributed by atoms with Gasteiger partial charge >= 0.3 is 0 Å². The molecule has 6 heteroatoms. The molecule has 0 N–H and O–H groups in total. The molecule has 0 bridgehead atoms. The summed E-state index contributed by atoms with van der Waals surface area (Å²) < 4.78 is 27.1. The van der Waals surface area contributed by atoms with Crippen molar-refractivity contribution in [3.8, 4) is 0 Å². The van der Waals surface area contributed by atoms with Crippen LogP contribution in [0.25, 0.3) is 43.1 Å². The van der Waals surface area contributed by atoms with E-state index in [0.29, 0.717) is 0 Å². The zero-order chi connectivity index (χ0) is 19.7. The lowest BCUT2D eigenvalue weighted by atomic mass is 9.96. The van der Waals surface area contributed by atoms with Crippen LogP contribution >= 0.6 is 0 Å². The highest BCUT2D eigenvalue weighted by molar-refractivity contribution is 6.07. The molecule has 0 atom stereocenters. The molecule has 0 aliphatic heterocycles. The molecule has 0 aliphatic carbocycles. The van der Waals surface area contributed by atoms with Crippen molar-refractivity contribution in [2.24, 2.45) is 0 Å². The van der Waals surface area contributed by atoms with Gasteiger partial charge in [0.05, 0.1) is 0 Å². The highest BCUT2D eigenvalue weighted by Gasteiger charge is 2.17. The predicted molar refractivity (Wildman–Crippen MR) is 104 cm³/mol. The van der Waals surface area contributed by atoms with Crippen LogP contribution in [0.2, 0.25) is 0 Å². The molecule has 0 unspecified atom stereocenters. The molecular formula is C22H8F2O4. The van der Waals surface area contributed by atoms with Crippen molar-refractivity contribution in [2.45, 2.75) is 0 Å². The van der Waals surface area contributed by atoms with Gasteiger partial charge in [-0.3, -0.25) is 19.2 Å². The Morgan fingerprint density at radius 3 is 1.04 bits per heavy atom. The summed E-state index contributed by atoms with van der Waals surface area (Å²) in [4.78, 5) is 51.2. The van der Waals surface area contributed by atoms with Crippen molar-refractivity contribution in [3.05, 3.63) is 101 Å². The fraction of sp³-hybridized carbons (Fsp3) is 0. The lowest BCUT2D eigenvalue weighted by Crippen LogP contribution is -2.17. The van der Waals surface area contributed by atoms with Crippen LogP contribution in [0.15, 0.2) is 67.7 Å². The minimum absolute atomic E-state index is 0.0277. The highest BCUT2D eigenvalue weighted by Crippen LogP contribution is 2.20. The Morgan fingerprint density at radius 2 is 0.679 bits per heavy atom. The first kappa shape index (κ1) is 16.4. The van der Waals surface area contributed by atoms with Crippen LogP contribution in [0.1, 0.15) is 0 Å². The molecule has 0 aromatic heterocycles. The Labute approximate surface area is 153 Å². The SMILES string of the molecule is O=c1c2ccc(F)cc2c(=O)c2cc3c(=O)c4ccc(F)cc4c(=O)c3cc12. The molecule has 0 aliphatic rings. The van der Waals surface area contributed by atoms with E-state index in [4.69, 9.17) is 0 Å². The molecule has 5 rings (SSSR count). The number of benzene rings is 5. The number of rotatable bonds is 0. The lowest BCUT2D eigenvalue weighted by molar-refractivity contribution is 0.629. The number of hydrogen-bond donors (Lipinski definition) is 0. The van der Waals surface area contributed by atoms with Crippen molar-refractivity contribution in [3.63, 3.8) is 0 Å². The van der Waals surface area contributed by atoms with Crippen molar-refractivity contribution in [1.82, 2.24) is 0 Å². The van der Waals surface area contributed by atoms with E-state index in [1.54, 1.807) is 0 Å². The van der Waals surface area contributed by atoms with Crippen LogP contribution in [0.5, 0.6) is 0 Å². The molecular weight excluding hydrogens is 366 g/mol. The summed E-state index contributed by atoms with van der Waals surface area (Å²) in [5, 5.41) is -0.321. The molecule has 0 radical (unpaired) electrons. The van der Waals surface area contributed by atoms with Crippen molar-refractivity contribution in [2.75, 3.05) is 0 Å². The second-order valence-corrected chi connectivity index (χ2v) is 6.64. The number of fused-ring (bicyclic) bond motifs is 4. The van der Waals surface area contributed by atoms with E-state index in [1.807, 2.05) is 0 Å². The van der Waals surface area contributed by atoms with Crippen LogP contribution in [0.4, 0.5) is 8.78 Å². The molecule has 134 valence electrons. The molecule has 0 spiro atoms. The molecule has 28 heavy (non-hydrogen) atoms. The van der Waals surface area contributed by atoms with E-state index < -0.39 is 33.3 Å². The maximum Gasteiger partial charge on any atom is 0.194 e. The number of halogens is 2. The predicted octanol–water partition coefficient (Wildman–Crippen LogP) is 2.89. The maximum absolute atomic E-state index is 13.6. The largest absolute Gasteiger partial charge is 0.289 e. The van der Waals surface area contributed by atoms with E-state index in [0.717, 1.165) is 24.3 Å². The maximum atomic E-state index is 13.6. The lowest BCUT2D eigenvalue weighted by Gasteiger charge is -2.05. The molecule has 5 aromatic carbocycles. The van der Waals surface area contributed by atoms with E-state index in [2.05, 4.69) is 0 Å². The second-order valence-electron chi connectivity index (χ2n) is 6.64. The monoisotopic (exact) mass is 374 g/mol. The van der Waals surface area contributed by atoms with Crippen LogP contribution in [0.3, 0.4) is 0 Å². The van der Waals surface area contributed by atoms with Gasteiger partial charge in [-0.05, 0) is 48.5 Å². The quantitative estimate of drug-likeness (QED) is 0.391. The minimum Gasteiger partial charge on any atom is -0.289 e. The van der Waals surface area contributed by atoms with Crippen LogP contribution < -0.4 is 21.7 Å². The summed E-state index contributed by atoms with van der Waals surface area (Å²) in [7, 11) is 0. The summed E-state index contributed by atoms with van der Waals surface area (Å²) in [5.41, 5.74) is -2.29. The Hall–Kier alpha value is -3.80. The molecule has 5 aromatic rings. The summed E-state index contributed by atoms with van der Waals surface area (Å²) >= 11 is 0. The zero-order valence-corrected chi connectivity index (χ0v) is 14.0. The number of hydrogen-bond acceptors (Lipinski definition) is 4. The standard InChI is InChI=1S/C22H8F2O4/c23-9-1-3-11-13(5-9)21(27)17-8-16-18(7-15(17)19(11)25)22(28)14-6-10(24)2-4-12(14)20(16)26/h1-8H. The molecule has 0 fully saturated rings. The fourth-order valence-corrected chi connectivity index (χ4v) is 3.74. The van der Waals surface area contributed by atoms with Gasteiger partial charge in [0.1, 0.15) is 11.6 Å². The Bertz CT molecular complexity index is 1580. The summed E-state index contributed by atoms with van der Waals surface area (Å²) in [6.45, 7) is 0. The average Bonchev–Trinajstić information content (AvgIpc) is 2.69. The van der Waals surface area contributed by atoms with Gasteiger partial charge < -0.3 is 0 Å². The smallest absolute Gasteiger partial charge is 0.194 e. The van der Waals surface area contributed by atoms with Gasteiger partial charge in [-0.15, -0.1) is 0 Å². The van der Waals surface area contributed by atoms with Gasteiger partial charge in [0.15, 0.2) is 21.7 Å². The third kappa shape index (κ3) is 2.02. The van der Waals surface area contributed by atoms with E-state index in [-0.39, 0.29) is 43.1 Å². The van der Waals surface area contributed by atoms with Gasteiger partial charge in [0.2, 0.25) is 0 Å². The van der Waals surface area contributed by atoms with Gasteiger partial charge in [0, 0.05) is 43.1 Å². The molecule has 0 saturated carbocycles. The van der Waals surface area contributed by atoms with Gasteiger partial charge in [0.25, 0.3) is 0 Å². The second kappa shape index (κ2) is 5.36. The van der Waals surface area contributed by atoms with Crippen molar-refractivity contribution >= 4 is 43.1 Å². The summed E-state index contributed by atoms with van der Waals surface area (Å²) in [6, 6.07) is 8.92. The third-order valence-electron chi connectivity index (χ3n) is 5.08. The summed E-state index contributed by atoms with van der Waals surface area (Å²) in [5.74, 6) is -1.33. The minimum atomic E-state index is -0.663. The summed E-state index contributed by atoms with van der Waals surface area (Å²) in [6.07, 6.45) is 0. The van der Waals surface area contributed by atoms with Crippen LogP contribution in [-0.4, -0.2) is 0 Å². The Balaban J connectivity index is 2.12. The van der Waals surface area contributed by atoms with Gasteiger partial charge in [-0.2, -0.15) is 0 Å². The van der Waals surface area contributed by atoms with E-state index >= 15 is 0 Å². The van der Waals surface area contributed by atoms with Gasteiger partial charge in [-0.25, -0.2) is 8.78 Å².